The van der Waals surface area contributed by atoms with E-state index < -0.39 is 10.0 Å². The van der Waals surface area contributed by atoms with Crippen LogP contribution in [0.5, 0.6) is 0 Å². The Bertz CT molecular complexity index is 621. The molecular formula is C13H18N4O2S. The van der Waals surface area contributed by atoms with E-state index >= 15 is 0 Å². The number of rotatable bonds is 7. The van der Waals surface area contributed by atoms with Gasteiger partial charge in [0.15, 0.2) is 0 Å². The van der Waals surface area contributed by atoms with Crippen molar-refractivity contribution >= 4 is 10.0 Å². The lowest BCUT2D eigenvalue weighted by Gasteiger charge is -2.07. The van der Waals surface area contributed by atoms with Gasteiger partial charge < -0.3 is 5.32 Å². The van der Waals surface area contributed by atoms with Crippen molar-refractivity contribution in [1.82, 2.24) is 19.8 Å². The molecule has 1 heterocycles. The average molecular weight is 294 g/mol. The van der Waals surface area contributed by atoms with Gasteiger partial charge in [-0.15, -0.1) is 0 Å². The second kappa shape index (κ2) is 6.65. The molecule has 7 heteroatoms. The maximum absolute atomic E-state index is 11.2. The van der Waals surface area contributed by atoms with E-state index in [-0.39, 0.29) is 5.75 Å². The van der Waals surface area contributed by atoms with Crippen LogP contribution in [0, 0.1) is 0 Å². The molecule has 0 aliphatic rings. The van der Waals surface area contributed by atoms with Crippen LogP contribution in [0.1, 0.15) is 5.56 Å². The molecular weight excluding hydrogens is 276 g/mol. The molecule has 6 nitrogen and oxygen atoms in total. The standard InChI is InChI=1S/C13H18N4O2S/c1-14-20(18,19)10-8-15-11-12-3-5-13(6-4-12)17-9-2-7-16-17/h2-7,9,14-15H,8,10-11H2,1H3. The van der Waals surface area contributed by atoms with Gasteiger partial charge in [0.05, 0.1) is 11.4 Å². The zero-order chi connectivity index (χ0) is 14.4. The molecule has 108 valence electrons. The van der Waals surface area contributed by atoms with Crippen LogP contribution in [0.3, 0.4) is 0 Å². The molecule has 1 aromatic carbocycles. The fraction of sp³-hybridized carbons (Fsp3) is 0.308. The van der Waals surface area contributed by atoms with E-state index in [4.69, 9.17) is 0 Å². The van der Waals surface area contributed by atoms with Gasteiger partial charge in [0.1, 0.15) is 0 Å². The summed E-state index contributed by atoms with van der Waals surface area (Å²) in [6, 6.07) is 9.83. The topological polar surface area (TPSA) is 76.0 Å². The molecule has 0 aliphatic carbocycles. The Hall–Kier alpha value is -1.70. The van der Waals surface area contributed by atoms with Crippen LogP contribution >= 0.6 is 0 Å². The van der Waals surface area contributed by atoms with Gasteiger partial charge in [0.2, 0.25) is 10.0 Å². The van der Waals surface area contributed by atoms with Gasteiger partial charge in [-0.3, -0.25) is 0 Å². The third-order valence-corrected chi connectivity index (χ3v) is 4.26. The molecule has 0 saturated carbocycles. The first-order valence-electron chi connectivity index (χ1n) is 6.31. The van der Waals surface area contributed by atoms with Gasteiger partial charge in [-0.05, 0) is 30.8 Å². The molecule has 0 bridgehead atoms. The number of sulfonamides is 1. The van der Waals surface area contributed by atoms with Gasteiger partial charge in [-0.1, -0.05) is 12.1 Å². The minimum atomic E-state index is -3.13. The van der Waals surface area contributed by atoms with Crippen LogP contribution < -0.4 is 10.0 Å². The number of hydrogen-bond donors (Lipinski definition) is 2. The third kappa shape index (κ3) is 4.16. The summed E-state index contributed by atoms with van der Waals surface area (Å²) < 4.78 is 26.5. The molecule has 2 rings (SSSR count). The first-order valence-corrected chi connectivity index (χ1v) is 7.97. The highest BCUT2D eigenvalue weighted by atomic mass is 32.2. The lowest BCUT2D eigenvalue weighted by molar-refractivity contribution is 0.583. The summed E-state index contributed by atoms with van der Waals surface area (Å²) in [5, 5.41) is 7.26. The Balaban J connectivity index is 1.83. The Morgan fingerprint density at radius 3 is 2.60 bits per heavy atom. The minimum Gasteiger partial charge on any atom is -0.312 e. The van der Waals surface area contributed by atoms with Crippen LogP contribution in [0.25, 0.3) is 5.69 Å². The second-order valence-electron chi connectivity index (χ2n) is 4.32. The van der Waals surface area contributed by atoms with Gasteiger partial charge in [-0.2, -0.15) is 5.10 Å². The predicted octanol–water partition coefficient (Wildman–Crippen LogP) is 0.511. The van der Waals surface area contributed by atoms with Crippen molar-refractivity contribution in [2.24, 2.45) is 0 Å². The fourth-order valence-corrected chi connectivity index (χ4v) is 2.35. The summed E-state index contributed by atoms with van der Waals surface area (Å²) in [6.07, 6.45) is 3.62. The Kier molecular flexibility index (Phi) is 4.89. The Labute approximate surface area is 118 Å². The van der Waals surface area contributed by atoms with Crippen molar-refractivity contribution in [3.63, 3.8) is 0 Å². The van der Waals surface area contributed by atoms with E-state index in [2.05, 4.69) is 15.1 Å². The quantitative estimate of drug-likeness (QED) is 0.730. The van der Waals surface area contributed by atoms with Crippen molar-refractivity contribution in [2.75, 3.05) is 19.3 Å². The van der Waals surface area contributed by atoms with Gasteiger partial charge in [-0.25, -0.2) is 17.8 Å². The summed E-state index contributed by atoms with van der Waals surface area (Å²) in [7, 11) is -1.71. The monoisotopic (exact) mass is 294 g/mol. The van der Waals surface area contributed by atoms with Crippen molar-refractivity contribution in [2.45, 2.75) is 6.54 Å². The Morgan fingerprint density at radius 1 is 1.25 bits per heavy atom. The predicted molar refractivity (Wildman–Crippen MR) is 78.1 cm³/mol. The van der Waals surface area contributed by atoms with Crippen LogP contribution in [0.2, 0.25) is 0 Å². The lowest BCUT2D eigenvalue weighted by Crippen LogP contribution is -2.29. The SMILES string of the molecule is CNS(=O)(=O)CCNCc1ccc(-n2cccn2)cc1. The number of nitrogens with one attached hydrogen (secondary N) is 2. The van der Waals surface area contributed by atoms with Crippen LogP contribution in [0.15, 0.2) is 42.7 Å². The van der Waals surface area contributed by atoms with Crippen LogP contribution in [-0.2, 0) is 16.6 Å². The highest BCUT2D eigenvalue weighted by molar-refractivity contribution is 7.89. The zero-order valence-corrected chi connectivity index (χ0v) is 12.1. The summed E-state index contributed by atoms with van der Waals surface area (Å²) in [4.78, 5) is 0. The maximum Gasteiger partial charge on any atom is 0.212 e. The lowest BCUT2D eigenvalue weighted by atomic mass is 10.2. The first kappa shape index (κ1) is 14.7. The molecule has 0 unspecified atom stereocenters. The average Bonchev–Trinajstić information content (AvgIpc) is 2.98. The first-order chi connectivity index (χ1) is 9.61. The molecule has 0 amide bonds. The third-order valence-electron chi connectivity index (χ3n) is 2.89. The normalized spacial score (nSPS) is 11.7. The van der Waals surface area contributed by atoms with Gasteiger partial charge in [0, 0.05) is 25.5 Å². The Morgan fingerprint density at radius 2 is 2.00 bits per heavy atom. The molecule has 20 heavy (non-hydrogen) atoms. The smallest absolute Gasteiger partial charge is 0.212 e. The van der Waals surface area contributed by atoms with Crippen LogP contribution in [-0.4, -0.2) is 37.5 Å². The van der Waals surface area contributed by atoms with E-state index in [1.54, 1.807) is 10.9 Å². The van der Waals surface area contributed by atoms with Crippen LogP contribution in [0.4, 0.5) is 0 Å². The molecule has 0 saturated heterocycles. The summed E-state index contributed by atoms with van der Waals surface area (Å²) in [6.45, 7) is 1.06. The van der Waals surface area contributed by atoms with Crippen molar-refractivity contribution in [3.05, 3.63) is 48.3 Å². The fourth-order valence-electron chi connectivity index (χ4n) is 1.73. The van der Waals surface area contributed by atoms with Crippen molar-refractivity contribution in [1.29, 1.82) is 0 Å². The van der Waals surface area contributed by atoms with Gasteiger partial charge in [0.25, 0.3) is 0 Å². The van der Waals surface area contributed by atoms with E-state index in [1.165, 1.54) is 7.05 Å². The van der Waals surface area contributed by atoms with E-state index in [0.29, 0.717) is 13.1 Å². The number of hydrogen-bond acceptors (Lipinski definition) is 4. The molecule has 0 fully saturated rings. The van der Waals surface area contributed by atoms with Crippen molar-refractivity contribution < 1.29 is 8.42 Å². The summed E-state index contributed by atoms with van der Waals surface area (Å²) in [5.74, 6) is 0.0782. The minimum absolute atomic E-state index is 0.0782. The molecule has 2 N–H and O–H groups in total. The zero-order valence-electron chi connectivity index (χ0n) is 11.3. The van der Waals surface area contributed by atoms with E-state index in [1.807, 2.05) is 36.5 Å². The maximum atomic E-state index is 11.2. The van der Waals surface area contributed by atoms with E-state index in [9.17, 15) is 8.42 Å². The molecule has 1 aromatic heterocycles. The largest absolute Gasteiger partial charge is 0.312 e. The number of benzene rings is 1. The molecule has 2 aromatic rings. The molecule has 0 aliphatic heterocycles. The number of nitrogens with zero attached hydrogens (tertiary/aromatic N) is 2. The van der Waals surface area contributed by atoms with E-state index in [0.717, 1.165) is 11.3 Å². The van der Waals surface area contributed by atoms with Crippen molar-refractivity contribution in [3.8, 4) is 5.69 Å². The molecule has 0 spiro atoms. The highest BCUT2D eigenvalue weighted by Gasteiger charge is 2.05. The summed E-state index contributed by atoms with van der Waals surface area (Å²) >= 11 is 0. The van der Waals surface area contributed by atoms with Gasteiger partial charge >= 0.3 is 0 Å². The molecule has 0 atom stereocenters. The molecule has 0 radical (unpaired) electrons. The second-order valence-corrected chi connectivity index (χ2v) is 6.36. The number of aromatic nitrogens is 2. The highest BCUT2D eigenvalue weighted by Crippen LogP contribution is 2.08. The summed E-state index contributed by atoms with van der Waals surface area (Å²) in [5.41, 5.74) is 2.10.